The number of ketones is 1. The fraction of sp³-hybridized carbons (Fsp3) is 0.120. The predicted octanol–water partition coefficient (Wildman–Crippen LogP) is 4.16. The van der Waals surface area contributed by atoms with Crippen molar-refractivity contribution in [3.05, 3.63) is 93.8 Å². The molecule has 1 aliphatic rings. The molecular formula is C25H19FN2O3S. The molecule has 7 heteroatoms. The van der Waals surface area contributed by atoms with Crippen molar-refractivity contribution >= 4 is 28.9 Å². The second-order valence-corrected chi connectivity index (χ2v) is 8.54. The van der Waals surface area contributed by atoms with Gasteiger partial charge in [0.25, 0.3) is 0 Å². The van der Waals surface area contributed by atoms with E-state index in [1.807, 2.05) is 6.07 Å². The number of carbonyl (C=O) groups excluding carboxylic acids is 1. The van der Waals surface area contributed by atoms with Crippen LogP contribution in [0.2, 0.25) is 0 Å². The van der Waals surface area contributed by atoms with E-state index in [1.54, 1.807) is 56.8 Å². The van der Waals surface area contributed by atoms with Gasteiger partial charge >= 0.3 is 0 Å². The first-order valence-corrected chi connectivity index (χ1v) is 10.9. The van der Waals surface area contributed by atoms with Gasteiger partial charge < -0.3 is 9.29 Å². The number of allylic oxidation sites excluding steroid dienone is 1. The Bertz CT molecular complexity index is 1260. The molecule has 0 amide bonds. The third kappa shape index (κ3) is 4.52. The number of hydrogen-bond donors (Lipinski definition) is 0. The zero-order valence-electron chi connectivity index (χ0n) is 17.5. The number of carbonyl (C=O) groups is 1. The highest BCUT2D eigenvalue weighted by molar-refractivity contribution is 7.97. The minimum Gasteiger partial charge on any atom is -0.588 e. The zero-order chi connectivity index (χ0) is 22.7. The van der Waals surface area contributed by atoms with E-state index in [9.17, 15) is 13.7 Å². The number of nitrogens with zero attached hydrogens (tertiary/aromatic N) is 2. The SMILES string of the molecule is COc1ccc(CC#Cc2ccc3c(c2)C(=O)/C(=C\c2cccc(F)c2)[S+]([O-])N3C)cn1. The second kappa shape index (κ2) is 9.27. The molecule has 1 unspecified atom stereocenters. The van der Waals surface area contributed by atoms with Crippen LogP contribution in [-0.4, -0.2) is 29.5 Å². The quantitative estimate of drug-likeness (QED) is 0.343. The number of pyridine rings is 1. The molecule has 2 aromatic carbocycles. The van der Waals surface area contributed by atoms with E-state index in [1.165, 1.54) is 22.5 Å². The summed E-state index contributed by atoms with van der Waals surface area (Å²) in [5.41, 5.74) is 3.07. The maximum atomic E-state index is 13.5. The van der Waals surface area contributed by atoms with Crippen LogP contribution in [0.5, 0.6) is 5.88 Å². The molecule has 1 aromatic heterocycles. The Balaban J connectivity index is 1.61. The van der Waals surface area contributed by atoms with Gasteiger partial charge in [-0.1, -0.05) is 30.0 Å². The summed E-state index contributed by atoms with van der Waals surface area (Å²) in [6.45, 7) is 0. The topological polar surface area (TPSA) is 65.5 Å². The molecule has 0 spiro atoms. The summed E-state index contributed by atoms with van der Waals surface area (Å²) in [4.78, 5) is 17.4. The first-order chi connectivity index (χ1) is 15.5. The Morgan fingerprint density at radius 3 is 2.78 bits per heavy atom. The molecule has 160 valence electrons. The largest absolute Gasteiger partial charge is 0.588 e. The van der Waals surface area contributed by atoms with E-state index in [2.05, 4.69) is 16.8 Å². The third-order valence-electron chi connectivity index (χ3n) is 4.92. The normalized spacial score (nSPS) is 16.4. The molecule has 1 aliphatic heterocycles. The molecule has 0 fully saturated rings. The summed E-state index contributed by atoms with van der Waals surface area (Å²) < 4.78 is 33.0. The van der Waals surface area contributed by atoms with Gasteiger partial charge in [-0.3, -0.25) is 4.79 Å². The van der Waals surface area contributed by atoms with E-state index in [4.69, 9.17) is 4.74 Å². The second-order valence-electron chi connectivity index (χ2n) is 7.06. The molecular weight excluding hydrogens is 427 g/mol. The highest BCUT2D eigenvalue weighted by atomic mass is 32.2. The minimum absolute atomic E-state index is 0.0972. The average molecular weight is 447 g/mol. The molecule has 4 rings (SSSR count). The molecule has 5 nitrogen and oxygen atoms in total. The summed E-state index contributed by atoms with van der Waals surface area (Å²) in [6, 6.07) is 14.7. The van der Waals surface area contributed by atoms with Gasteiger partial charge in [0.05, 0.1) is 25.4 Å². The van der Waals surface area contributed by atoms with Gasteiger partial charge in [-0.2, -0.15) is 4.31 Å². The van der Waals surface area contributed by atoms with Gasteiger partial charge in [0.2, 0.25) is 16.6 Å². The molecule has 0 bridgehead atoms. The fourth-order valence-electron chi connectivity index (χ4n) is 3.27. The minimum atomic E-state index is -1.69. The third-order valence-corrected chi connectivity index (χ3v) is 6.29. The molecule has 3 aromatic rings. The standard InChI is InChI=1S/C25H19FN2O3S/c1-28-22-11-9-17(5-3-6-18-10-12-24(31-2)27-16-18)14-21(22)25(29)23(32(28)30)15-19-7-4-8-20(26)13-19/h4,7-16H,6H2,1-2H3/b23-15+. The van der Waals surface area contributed by atoms with Gasteiger partial charge in [0.15, 0.2) is 0 Å². The number of ether oxygens (including phenoxy) is 1. The summed E-state index contributed by atoms with van der Waals surface area (Å²) in [7, 11) is 3.22. The van der Waals surface area contributed by atoms with Crippen LogP contribution in [-0.2, 0) is 17.8 Å². The molecule has 0 N–H and O–H groups in total. The summed E-state index contributed by atoms with van der Waals surface area (Å²) in [5, 5.41) is 0. The first kappa shape index (κ1) is 21.6. The number of fused-ring (bicyclic) bond motifs is 1. The van der Waals surface area contributed by atoms with Crippen LogP contribution in [0.25, 0.3) is 6.08 Å². The Hall–Kier alpha value is -3.60. The molecule has 0 saturated carbocycles. The number of anilines is 1. The molecule has 32 heavy (non-hydrogen) atoms. The summed E-state index contributed by atoms with van der Waals surface area (Å²) >= 11 is -1.69. The lowest BCUT2D eigenvalue weighted by atomic mass is 10.0. The van der Waals surface area contributed by atoms with Crippen LogP contribution in [0.15, 0.2) is 65.7 Å². The number of halogens is 1. The number of aromatic nitrogens is 1. The van der Waals surface area contributed by atoms with Gasteiger partial charge in [-0.15, -0.1) is 0 Å². The van der Waals surface area contributed by atoms with E-state index in [0.29, 0.717) is 34.7 Å². The lowest BCUT2D eigenvalue weighted by Crippen LogP contribution is -2.36. The Kier molecular flexibility index (Phi) is 6.26. The van der Waals surface area contributed by atoms with E-state index in [-0.39, 0.29) is 10.7 Å². The average Bonchev–Trinajstić information content (AvgIpc) is 2.81. The Morgan fingerprint density at radius 2 is 2.06 bits per heavy atom. The maximum absolute atomic E-state index is 13.5. The van der Waals surface area contributed by atoms with Crippen molar-refractivity contribution in [3.8, 4) is 17.7 Å². The lowest BCUT2D eigenvalue weighted by molar-refractivity contribution is 0.104. The van der Waals surface area contributed by atoms with Crippen molar-refractivity contribution in [2.75, 3.05) is 18.5 Å². The van der Waals surface area contributed by atoms with E-state index >= 15 is 0 Å². The van der Waals surface area contributed by atoms with Crippen molar-refractivity contribution in [1.82, 2.24) is 4.98 Å². The van der Waals surface area contributed by atoms with Crippen LogP contribution in [0.4, 0.5) is 10.1 Å². The number of methoxy groups -OCH3 is 1. The number of rotatable bonds is 3. The summed E-state index contributed by atoms with van der Waals surface area (Å²) in [5.74, 6) is 5.91. The Labute approximate surface area is 188 Å². The maximum Gasteiger partial charge on any atom is 0.245 e. The smallest absolute Gasteiger partial charge is 0.245 e. The van der Waals surface area contributed by atoms with Gasteiger partial charge in [0, 0.05) is 30.3 Å². The fourth-order valence-corrected chi connectivity index (χ4v) is 4.41. The van der Waals surface area contributed by atoms with Crippen LogP contribution in [0.3, 0.4) is 0 Å². The van der Waals surface area contributed by atoms with Crippen molar-refractivity contribution in [1.29, 1.82) is 0 Å². The van der Waals surface area contributed by atoms with Crippen molar-refractivity contribution in [3.63, 3.8) is 0 Å². The summed E-state index contributed by atoms with van der Waals surface area (Å²) in [6.07, 6.45) is 3.67. The van der Waals surface area contributed by atoms with E-state index in [0.717, 1.165) is 5.56 Å². The number of hydrogen-bond acceptors (Lipinski definition) is 5. The molecule has 0 aliphatic carbocycles. The van der Waals surface area contributed by atoms with Gasteiger partial charge in [-0.25, -0.2) is 9.37 Å². The van der Waals surface area contributed by atoms with Crippen LogP contribution >= 0.6 is 0 Å². The molecule has 0 saturated heterocycles. The van der Waals surface area contributed by atoms with Gasteiger partial charge in [-0.05, 0) is 41.5 Å². The lowest BCUT2D eigenvalue weighted by Gasteiger charge is -2.29. The zero-order valence-corrected chi connectivity index (χ0v) is 18.3. The molecule has 2 heterocycles. The van der Waals surface area contributed by atoms with Crippen molar-refractivity contribution in [2.45, 2.75) is 6.42 Å². The molecule has 1 atom stereocenters. The first-order valence-electron chi connectivity index (χ1n) is 9.75. The van der Waals surface area contributed by atoms with E-state index < -0.39 is 17.2 Å². The Morgan fingerprint density at radius 1 is 1.22 bits per heavy atom. The monoisotopic (exact) mass is 446 g/mol. The predicted molar refractivity (Wildman–Crippen MR) is 123 cm³/mol. The molecule has 0 radical (unpaired) electrons. The van der Waals surface area contributed by atoms with Gasteiger partial charge in [0.1, 0.15) is 17.2 Å². The van der Waals surface area contributed by atoms with Crippen LogP contribution in [0.1, 0.15) is 27.0 Å². The number of benzene rings is 2. The highest BCUT2D eigenvalue weighted by Crippen LogP contribution is 2.35. The van der Waals surface area contributed by atoms with Crippen molar-refractivity contribution < 1.29 is 18.5 Å². The highest BCUT2D eigenvalue weighted by Gasteiger charge is 2.38. The van der Waals surface area contributed by atoms with Crippen molar-refractivity contribution in [2.24, 2.45) is 0 Å². The van der Waals surface area contributed by atoms with Crippen LogP contribution < -0.4 is 9.04 Å². The van der Waals surface area contributed by atoms with Crippen LogP contribution in [0, 0.1) is 17.7 Å². The number of Topliss-reactive ketones (excluding diaryl/α,β-unsaturated/α-hetero) is 1.